The van der Waals surface area contributed by atoms with Gasteiger partial charge in [-0.05, 0) is 38.5 Å². The largest absolute Gasteiger partial charge is 0.342 e. The summed E-state index contributed by atoms with van der Waals surface area (Å²) < 4.78 is 1.65. The molecule has 1 saturated carbocycles. The van der Waals surface area contributed by atoms with Crippen molar-refractivity contribution in [2.45, 2.75) is 90.1 Å². The predicted molar refractivity (Wildman–Crippen MR) is 125 cm³/mol. The number of fused-ring (bicyclic) bond motifs is 2. The molecule has 2 aromatic heterocycles. The summed E-state index contributed by atoms with van der Waals surface area (Å²) in [6.07, 6.45) is 9.48. The van der Waals surface area contributed by atoms with Gasteiger partial charge in [-0.3, -0.25) is 19.6 Å². The van der Waals surface area contributed by atoms with Crippen LogP contribution in [0.5, 0.6) is 0 Å². The van der Waals surface area contributed by atoms with E-state index in [1.165, 1.54) is 12.8 Å². The lowest BCUT2D eigenvalue weighted by Crippen LogP contribution is -2.42. The second-order valence-corrected chi connectivity index (χ2v) is 10.0. The highest BCUT2D eigenvalue weighted by atomic mass is 16.2. The Morgan fingerprint density at radius 2 is 1.84 bits per heavy atom. The normalized spacial score (nSPS) is 21.0. The van der Waals surface area contributed by atoms with Gasteiger partial charge in [0.25, 0.3) is 5.56 Å². The van der Waals surface area contributed by atoms with Crippen LogP contribution in [0.3, 0.4) is 0 Å². The SMILES string of the molecule is CCC(CC)N1CCc2nc3cc(C4CCN(C(=O)C5CCCC5)CC4)[nH]n3c(=O)c2C1. The van der Waals surface area contributed by atoms with E-state index in [2.05, 4.69) is 34.8 Å². The standard InChI is InChI=1S/C25H37N5O2/c1-3-19(4-2)29-14-11-21-20(16-29)25(32)30-23(26-21)15-22(27-30)17-9-12-28(13-10-17)24(31)18-7-5-6-8-18/h15,17-19,27H,3-14,16H2,1-2H3. The van der Waals surface area contributed by atoms with E-state index in [4.69, 9.17) is 4.98 Å². The summed E-state index contributed by atoms with van der Waals surface area (Å²) in [6, 6.07) is 2.59. The van der Waals surface area contributed by atoms with Crippen LogP contribution in [0.15, 0.2) is 10.9 Å². The van der Waals surface area contributed by atoms with Gasteiger partial charge in [0.1, 0.15) is 0 Å². The molecule has 0 radical (unpaired) electrons. The number of nitrogens with zero attached hydrogens (tertiary/aromatic N) is 4. The zero-order chi connectivity index (χ0) is 22.2. The average Bonchev–Trinajstić information content (AvgIpc) is 3.51. The molecule has 4 heterocycles. The number of hydrogen-bond donors (Lipinski definition) is 1. The van der Waals surface area contributed by atoms with Crippen LogP contribution in [0, 0.1) is 5.92 Å². The van der Waals surface area contributed by atoms with E-state index in [-0.39, 0.29) is 11.5 Å². The molecule has 1 N–H and O–H groups in total. The van der Waals surface area contributed by atoms with Crippen molar-refractivity contribution in [2.75, 3.05) is 19.6 Å². The van der Waals surface area contributed by atoms with Crippen LogP contribution in [-0.4, -0.2) is 56.0 Å². The number of H-pyrrole nitrogens is 1. The molecule has 174 valence electrons. The molecule has 2 fully saturated rings. The Hall–Kier alpha value is -2.15. The first-order chi connectivity index (χ1) is 15.6. The smallest absolute Gasteiger partial charge is 0.277 e. The van der Waals surface area contributed by atoms with Crippen LogP contribution in [-0.2, 0) is 17.8 Å². The fourth-order valence-electron chi connectivity index (χ4n) is 6.19. The van der Waals surface area contributed by atoms with Crippen LogP contribution >= 0.6 is 0 Å². The Morgan fingerprint density at radius 1 is 1.12 bits per heavy atom. The fraction of sp³-hybridized carbons (Fsp3) is 0.720. The topological polar surface area (TPSA) is 73.7 Å². The number of piperidine rings is 1. The average molecular weight is 440 g/mol. The van der Waals surface area contributed by atoms with E-state index < -0.39 is 0 Å². The zero-order valence-corrected chi connectivity index (χ0v) is 19.6. The van der Waals surface area contributed by atoms with Crippen molar-refractivity contribution in [1.82, 2.24) is 24.4 Å². The van der Waals surface area contributed by atoms with Crippen molar-refractivity contribution in [3.05, 3.63) is 33.4 Å². The van der Waals surface area contributed by atoms with E-state index in [0.717, 1.165) is 87.2 Å². The summed E-state index contributed by atoms with van der Waals surface area (Å²) >= 11 is 0. The van der Waals surface area contributed by atoms with Gasteiger partial charge in [0.15, 0.2) is 5.65 Å². The molecule has 0 atom stereocenters. The predicted octanol–water partition coefficient (Wildman–Crippen LogP) is 3.47. The lowest BCUT2D eigenvalue weighted by atomic mass is 9.92. The lowest BCUT2D eigenvalue weighted by molar-refractivity contribution is -0.136. The third-order valence-corrected chi connectivity index (χ3v) is 8.22. The molecule has 5 rings (SSSR count). The minimum absolute atomic E-state index is 0.0563. The fourth-order valence-corrected chi connectivity index (χ4v) is 6.19. The summed E-state index contributed by atoms with van der Waals surface area (Å²) in [4.78, 5) is 35.5. The lowest BCUT2D eigenvalue weighted by Gasteiger charge is -2.33. The van der Waals surface area contributed by atoms with Crippen molar-refractivity contribution in [3.63, 3.8) is 0 Å². The second-order valence-electron chi connectivity index (χ2n) is 10.0. The Bertz CT molecular complexity index is 1020. The molecule has 1 saturated heterocycles. The molecule has 2 aromatic rings. The van der Waals surface area contributed by atoms with Crippen molar-refractivity contribution in [1.29, 1.82) is 0 Å². The maximum Gasteiger partial charge on any atom is 0.277 e. The molecule has 7 heteroatoms. The highest BCUT2D eigenvalue weighted by molar-refractivity contribution is 5.79. The quantitative estimate of drug-likeness (QED) is 0.774. The molecule has 0 spiro atoms. The van der Waals surface area contributed by atoms with Crippen molar-refractivity contribution < 1.29 is 4.79 Å². The van der Waals surface area contributed by atoms with E-state index in [9.17, 15) is 9.59 Å². The molecule has 0 aromatic carbocycles. The maximum absolute atomic E-state index is 13.3. The van der Waals surface area contributed by atoms with Crippen molar-refractivity contribution in [2.24, 2.45) is 5.92 Å². The summed E-state index contributed by atoms with van der Waals surface area (Å²) in [6.45, 7) is 7.76. The van der Waals surface area contributed by atoms with Crippen LogP contribution in [0.25, 0.3) is 5.65 Å². The van der Waals surface area contributed by atoms with Crippen molar-refractivity contribution in [3.8, 4) is 0 Å². The van der Waals surface area contributed by atoms with Gasteiger partial charge in [-0.15, -0.1) is 0 Å². The van der Waals surface area contributed by atoms with E-state index in [1.807, 2.05) is 0 Å². The highest BCUT2D eigenvalue weighted by Gasteiger charge is 2.31. The number of likely N-dealkylation sites (tertiary alicyclic amines) is 1. The molecule has 1 aliphatic carbocycles. The molecule has 0 bridgehead atoms. The second kappa shape index (κ2) is 9.00. The molecular formula is C25H37N5O2. The summed E-state index contributed by atoms with van der Waals surface area (Å²) in [7, 11) is 0. The number of amides is 1. The van der Waals surface area contributed by atoms with Gasteiger partial charge in [0, 0.05) is 62.2 Å². The first-order valence-corrected chi connectivity index (χ1v) is 12.7. The van der Waals surface area contributed by atoms with Gasteiger partial charge in [-0.2, -0.15) is 0 Å². The van der Waals surface area contributed by atoms with Crippen LogP contribution in [0.4, 0.5) is 0 Å². The molecular weight excluding hydrogens is 402 g/mol. The third-order valence-electron chi connectivity index (χ3n) is 8.22. The first-order valence-electron chi connectivity index (χ1n) is 12.7. The number of carbonyl (C=O) groups is 1. The number of nitrogens with one attached hydrogen (secondary N) is 1. The minimum Gasteiger partial charge on any atom is -0.342 e. The zero-order valence-electron chi connectivity index (χ0n) is 19.6. The summed E-state index contributed by atoms with van der Waals surface area (Å²) in [5.41, 5.74) is 3.71. The van der Waals surface area contributed by atoms with E-state index in [0.29, 0.717) is 24.4 Å². The van der Waals surface area contributed by atoms with E-state index >= 15 is 0 Å². The summed E-state index contributed by atoms with van der Waals surface area (Å²) in [5.74, 6) is 0.972. The minimum atomic E-state index is 0.0563. The van der Waals surface area contributed by atoms with E-state index in [1.54, 1.807) is 4.52 Å². The molecule has 1 amide bonds. The van der Waals surface area contributed by atoms with Crippen LogP contribution < -0.4 is 5.56 Å². The monoisotopic (exact) mass is 439 g/mol. The maximum atomic E-state index is 13.3. The van der Waals surface area contributed by atoms with Crippen molar-refractivity contribution >= 4 is 11.6 Å². The number of rotatable bonds is 5. The summed E-state index contributed by atoms with van der Waals surface area (Å²) in [5, 5.41) is 3.37. The third kappa shape index (κ3) is 3.89. The highest BCUT2D eigenvalue weighted by Crippen LogP contribution is 2.31. The van der Waals surface area contributed by atoms with Gasteiger partial charge in [0.2, 0.25) is 5.91 Å². The Balaban J connectivity index is 1.32. The Labute approximate surface area is 190 Å². The Kier molecular flexibility index (Phi) is 6.10. The Morgan fingerprint density at radius 3 is 2.53 bits per heavy atom. The van der Waals surface area contributed by atoms with Gasteiger partial charge < -0.3 is 4.90 Å². The number of carbonyl (C=O) groups excluding carboxylic acids is 1. The first kappa shape index (κ1) is 21.7. The number of aromatic amines is 1. The molecule has 2 aliphatic heterocycles. The van der Waals surface area contributed by atoms with Gasteiger partial charge in [-0.25, -0.2) is 9.50 Å². The van der Waals surface area contributed by atoms with Gasteiger partial charge in [-0.1, -0.05) is 26.7 Å². The van der Waals surface area contributed by atoms with Crippen LogP contribution in [0.1, 0.15) is 88.1 Å². The number of aromatic nitrogens is 3. The molecule has 0 unspecified atom stereocenters. The van der Waals surface area contributed by atoms with Gasteiger partial charge >= 0.3 is 0 Å². The molecule has 7 nitrogen and oxygen atoms in total. The molecule has 3 aliphatic rings. The van der Waals surface area contributed by atoms with Crippen LogP contribution in [0.2, 0.25) is 0 Å². The van der Waals surface area contributed by atoms with Gasteiger partial charge in [0.05, 0.1) is 11.3 Å². The molecule has 32 heavy (non-hydrogen) atoms. The number of hydrogen-bond acceptors (Lipinski definition) is 4.